The lowest BCUT2D eigenvalue weighted by Crippen LogP contribution is -2.45. The van der Waals surface area contributed by atoms with Crippen LogP contribution in [0.2, 0.25) is 0 Å². The van der Waals surface area contributed by atoms with Gasteiger partial charge in [0.2, 0.25) is 5.91 Å². The summed E-state index contributed by atoms with van der Waals surface area (Å²) in [6, 6.07) is 24.8. The fraction of sp³-hybridized carbons (Fsp3) is 0.286. The summed E-state index contributed by atoms with van der Waals surface area (Å²) in [7, 11) is 0. The van der Waals surface area contributed by atoms with E-state index in [1.807, 2.05) is 78.9 Å². The van der Waals surface area contributed by atoms with Gasteiger partial charge in [-0.25, -0.2) is 0 Å². The highest BCUT2D eigenvalue weighted by atomic mass is 16.5. The second-order valence-corrected chi connectivity index (χ2v) is 8.87. The van der Waals surface area contributed by atoms with Crippen molar-refractivity contribution in [1.29, 1.82) is 0 Å². The van der Waals surface area contributed by atoms with Crippen LogP contribution in [0.1, 0.15) is 27.0 Å². The molecule has 2 aliphatic rings. The van der Waals surface area contributed by atoms with Crippen LogP contribution >= 0.6 is 0 Å². The Labute approximate surface area is 200 Å². The van der Waals surface area contributed by atoms with Gasteiger partial charge in [0.15, 0.2) is 0 Å². The van der Waals surface area contributed by atoms with E-state index in [0.29, 0.717) is 18.5 Å². The van der Waals surface area contributed by atoms with Crippen LogP contribution in [-0.4, -0.2) is 54.0 Å². The Bertz CT molecular complexity index is 1140. The molecule has 0 bridgehead atoms. The average molecular weight is 456 g/mol. The van der Waals surface area contributed by atoms with Crippen LogP contribution in [0.25, 0.3) is 0 Å². The minimum absolute atomic E-state index is 0.0902. The molecule has 2 amide bonds. The lowest BCUT2D eigenvalue weighted by atomic mass is 10.0. The normalized spacial score (nSPS) is 16.8. The number of hydrogen-bond donors (Lipinski definition) is 1. The van der Waals surface area contributed by atoms with E-state index in [2.05, 4.69) is 10.2 Å². The molecule has 5 rings (SSSR count). The molecule has 0 radical (unpaired) electrons. The van der Waals surface area contributed by atoms with Gasteiger partial charge in [-0.05, 0) is 34.9 Å². The molecule has 6 heteroatoms. The van der Waals surface area contributed by atoms with Crippen molar-refractivity contribution < 1.29 is 14.3 Å². The Balaban J connectivity index is 1.31. The lowest BCUT2D eigenvalue weighted by Gasteiger charge is -2.27. The van der Waals surface area contributed by atoms with E-state index < -0.39 is 6.04 Å². The van der Waals surface area contributed by atoms with Gasteiger partial charge in [-0.1, -0.05) is 60.7 Å². The number of nitrogens with zero attached hydrogens (tertiary/aromatic N) is 2. The predicted molar refractivity (Wildman–Crippen MR) is 131 cm³/mol. The summed E-state index contributed by atoms with van der Waals surface area (Å²) < 4.78 is 5.42. The number of benzene rings is 3. The smallest absolute Gasteiger partial charge is 0.255 e. The fourth-order valence-electron chi connectivity index (χ4n) is 4.65. The SMILES string of the molecule is O=C(Nc1ccc(CN2CCOCC2)cc1)[C@H](Cc1ccccc1)N1Cc2ccccc2C1=O. The van der Waals surface area contributed by atoms with Crippen molar-refractivity contribution in [3.8, 4) is 0 Å². The summed E-state index contributed by atoms with van der Waals surface area (Å²) in [5.41, 5.74) is 4.60. The zero-order chi connectivity index (χ0) is 23.3. The van der Waals surface area contributed by atoms with Gasteiger partial charge in [0.05, 0.1) is 13.2 Å². The molecule has 0 unspecified atom stereocenters. The first-order valence-electron chi connectivity index (χ1n) is 11.8. The van der Waals surface area contributed by atoms with Crippen LogP contribution in [0, 0.1) is 0 Å². The minimum atomic E-state index is -0.602. The maximum absolute atomic E-state index is 13.5. The van der Waals surface area contributed by atoms with Crippen LogP contribution in [0.5, 0.6) is 0 Å². The Morgan fingerprint density at radius 3 is 2.32 bits per heavy atom. The Morgan fingerprint density at radius 1 is 0.882 bits per heavy atom. The molecule has 1 N–H and O–H groups in total. The molecule has 0 aliphatic carbocycles. The summed E-state index contributed by atoms with van der Waals surface area (Å²) in [6.45, 7) is 4.73. The largest absolute Gasteiger partial charge is 0.379 e. The van der Waals surface area contributed by atoms with E-state index in [4.69, 9.17) is 4.74 Å². The predicted octanol–water partition coefficient (Wildman–Crippen LogP) is 3.72. The van der Waals surface area contributed by atoms with Crippen LogP contribution in [0.4, 0.5) is 5.69 Å². The molecule has 3 aromatic rings. The number of fused-ring (bicyclic) bond motifs is 1. The molecule has 6 nitrogen and oxygen atoms in total. The number of anilines is 1. The van der Waals surface area contributed by atoms with Gasteiger partial charge in [-0.3, -0.25) is 14.5 Å². The summed E-state index contributed by atoms with van der Waals surface area (Å²) in [4.78, 5) is 30.7. The number of carbonyl (C=O) groups excluding carboxylic acids is 2. The molecule has 1 atom stereocenters. The Kier molecular flexibility index (Phi) is 6.70. The first-order valence-corrected chi connectivity index (χ1v) is 11.8. The standard InChI is InChI=1S/C28H29N3O3/c32-27(29-24-12-10-22(11-13-24)19-30-14-16-34-17-15-30)26(18-21-6-2-1-3-7-21)31-20-23-8-4-5-9-25(23)28(31)33/h1-13,26H,14-20H2,(H,29,32)/t26-/m0/s1. The van der Waals surface area contributed by atoms with E-state index in [0.717, 1.165) is 49.7 Å². The van der Waals surface area contributed by atoms with Gasteiger partial charge in [-0.2, -0.15) is 0 Å². The maximum Gasteiger partial charge on any atom is 0.255 e. The van der Waals surface area contributed by atoms with Gasteiger partial charge < -0.3 is 15.0 Å². The van der Waals surface area contributed by atoms with Crippen LogP contribution in [0.3, 0.4) is 0 Å². The minimum Gasteiger partial charge on any atom is -0.379 e. The Morgan fingerprint density at radius 2 is 1.59 bits per heavy atom. The zero-order valence-corrected chi connectivity index (χ0v) is 19.2. The first-order chi connectivity index (χ1) is 16.7. The van der Waals surface area contributed by atoms with Crippen LogP contribution in [-0.2, 0) is 29.0 Å². The average Bonchev–Trinajstić information content (AvgIpc) is 3.21. The third kappa shape index (κ3) is 5.03. The molecular formula is C28H29N3O3. The Hall–Kier alpha value is -3.48. The van der Waals surface area contributed by atoms with E-state index in [1.165, 1.54) is 5.56 Å². The lowest BCUT2D eigenvalue weighted by molar-refractivity contribution is -0.120. The van der Waals surface area contributed by atoms with Gasteiger partial charge in [0.1, 0.15) is 6.04 Å². The van der Waals surface area contributed by atoms with Gasteiger partial charge in [0.25, 0.3) is 5.91 Å². The molecule has 34 heavy (non-hydrogen) atoms. The third-order valence-electron chi connectivity index (χ3n) is 6.53. The molecule has 2 heterocycles. The third-order valence-corrected chi connectivity index (χ3v) is 6.53. The number of rotatable bonds is 7. The number of carbonyl (C=O) groups is 2. The summed E-state index contributed by atoms with van der Waals surface area (Å²) in [5.74, 6) is -0.265. The highest BCUT2D eigenvalue weighted by Crippen LogP contribution is 2.26. The molecule has 1 saturated heterocycles. The monoisotopic (exact) mass is 455 g/mol. The molecule has 174 valence electrons. The number of nitrogens with one attached hydrogen (secondary N) is 1. The fourth-order valence-corrected chi connectivity index (χ4v) is 4.65. The van der Waals surface area contributed by atoms with Crippen molar-refractivity contribution >= 4 is 17.5 Å². The number of hydrogen-bond acceptors (Lipinski definition) is 4. The molecule has 1 fully saturated rings. The van der Waals surface area contributed by atoms with Crippen LogP contribution < -0.4 is 5.32 Å². The second-order valence-electron chi connectivity index (χ2n) is 8.87. The van der Waals surface area contributed by atoms with Gasteiger partial charge in [-0.15, -0.1) is 0 Å². The van der Waals surface area contributed by atoms with Crippen molar-refractivity contribution in [2.75, 3.05) is 31.6 Å². The van der Waals surface area contributed by atoms with Crippen molar-refractivity contribution in [3.63, 3.8) is 0 Å². The van der Waals surface area contributed by atoms with E-state index in [9.17, 15) is 9.59 Å². The summed E-state index contributed by atoms with van der Waals surface area (Å²) in [5, 5.41) is 3.05. The summed E-state index contributed by atoms with van der Waals surface area (Å²) >= 11 is 0. The number of ether oxygens (including phenoxy) is 1. The second kappa shape index (κ2) is 10.2. The quantitative estimate of drug-likeness (QED) is 0.590. The summed E-state index contributed by atoms with van der Waals surface area (Å²) in [6.07, 6.45) is 0.460. The van der Waals surface area contributed by atoms with Gasteiger partial charge >= 0.3 is 0 Å². The highest BCUT2D eigenvalue weighted by molar-refractivity contribution is 6.03. The van der Waals surface area contributed by atoms with Crippen molar-refractivity contribution in [1.82, 2.24) is 9.80 Å². The zero-order valence-electron chi connectivity index (χ0n) is 19.2. The van der Waals surface area contributed by atoms with Crippen molar-refractivity contribution in [2.24, 2.45) is 0 Å². The van der Waals surface area contributed by atoms with Crippen LogP contribution in [0.15, 0.2) is 78.9 Å². The molecular weight excluding hydrogens is 426 g/mol. The maximum atomic E-state index is 13.5. The molecule has 2 aliphatic heterocycles. The molecule has 0 aromatic heterocycles. The molecule has 0 spiro atoms. The topological polar surface area (TPSA) is 61.9 Å². The van der Waals surface area contributed by atoms with Crippen molar-refractivity contribution in [3.05, 3.63) is 101 Å². The molecule has 0 saturated carbocycles. The van der Waals surface area contributed by atoms with E-state index >= 15 is 0 Å². The van der Waals surface area contributed by atoms with E-state index in [-0.39, 0.29) is 11.8 Å². The number of amides is 2. The highest BCUT2D eigenvalue weighted by Gasteiger charge is 2.36. The molecule has 3 aromatic carbocycles. The van der Waals surface area contributed by atoms with Crippen molar-refractivity contribution in [2.45, 2.75) is 25.6 Å². The van der Waals surface area contributed by atoms with E-state index in [1.54, 1.807) is 4.90 Å². The first kappa shape index (κ1) is 22.3. The number of morpholine rings is 1. The van der Waals surface area contributed by atoms with Gasteiger partial charge in [0, 0.05) is 43.9 Å².